The van der Waals surface area contributed by atoms with E-state index in [0.29, 0.717) is 17.6 Å². The summed E-state index contributed by atoms with van der Waals surface area (Å²) in [5, 5.41) is 3.09. The summed E-state index contributed by atoms with van der Waals surface area (Å²) in [6.45, 7) is 10.6. The molecule has 18 heavy (non-hydrogen) atoms. The number of rotatable bonds is 6. The first-order valence-electron chi connectivity index (χ1n) is 6.86. The van der Waals surface area contributed by atoms with Crippen molar-refractivity contribution in [2.75, 3.05) is 0 Å². The first-order valence-corrected chi connectivity index (χ1v) is 6.86. The van der Waals surface area contributed by atoms with Crippen molar-refractivity contribution in [1.82, 2.24) is 5.32 Å². The van der Waals surface area contributed by atoms with E-state index in [4.69, 9.17) is 4.42 Å². The standard InChI is InChI=1S/C15H25NO2/c1-6-10(3)12(5)13(7-2)16-15(17)14-11(4)8-9-18-14/h8-10,12-13H,6-7H2,1-5H3,(H,16,17). The highest BCUT2D eigenvalue weighted by Crippen LogP contribution is 2.21. The molecule has 0 saturated heterocycles. The average molecular weight is 251 g/mol. The molecule has 0 aliphatic rings. The summed E-state index contributed by atoms with van der Waals surface area (Å²) in [7, 11) is 0. The Bertz CT molecular complexity index is 384. The summed E-state index contributed by atoms with van der Waals surface area (Å²) < 4.78 is 5.23. The Morgan fingerprint density at radius 2 is 2.00 bits per heavy atom. The second-order valence-corrected chi connectivity index (χ2v) is 5.17. The Labute approximate surface area is 110 Å². The summed E-state index contributed by atoms with van der Waals surface area (Å²) in [4.78, 5) is 12.1. The second kappa shape index (κ2) is 6.62. The van der Waals surface area contributed by atoms with Crippen molar-refractivity contribution in [2.24, 2.45) is 11.8 Å². The van der Waals surface area contributed by atoms with Gasteiger partial charge in [0.05, 0.1) is 6.26 Å². The highest BCUT2D eigenvalue weighted by molar-refractivity contribution is 5.92. The smallest absolute Gasteiger partial charge is 0.287 e. The second-order valence-electron chi connectivity index (χ2n) is 5.17. The van der Waals surface area contributed by atoms with Gasteiger partial charge in [-0.25, -0.2) is 0 Å². The van der Waals surface area contributed by atoms with Gasteiger partial charge in [-0.3, -0.25) is 4.79 Å². The molecule has 3 nitrogen and oxygen atoms in total. The third kappa shape index (κ3) is 3.37. The van der Waals surface area contributed by atoms with E-state index in [1.54, 1.807) is 6.26 Å². The maximum Gasteiger partial charge on any atom is 0.287 e. The number of hydrogen-bond donors (Lipinski definition) is 1. The number of nitrogens with one attached hydrogen (secondary N) is 1. The Morgan fingerprint density at radius 3 is 2.44 bits per heavy atom. The van der Waals surface area contributed by atoms with E-state index in [-0.39, 0.29) is 11.9 Å². The van der Waals surface area contributed by atoms with Crippen molar-refractivity contribution < 1.29 is 9.21 Å². The van der Waals surface area contributed by atoms with Crippen molar-refractivity contribution in [1.29, 1.82) is 0 Å². The molecule has 0 aliphatic heterocycles. The number of aryl methyl sites for hydroxylation is 1. The SMILES string of the molecule is CCC(C)C(C)C(CC)NC(=O)c1occc1C. The van der Waals surface area contributed by atoms with Crippen molar-refractivity contribution in [3.05, 3.63) is 23.7 Å². The van der Waals surface area contributed by atoms with Crippen LogP contribution < -0.4 is 5.32 Å². The molecule has 3 heteroatoms. The van der Waals surface area contributed by atoms with E-state index < -0.39 is 0 Å². The molecule has 0 fully saturated rings. The number of carbonyl (C=O) groups is 1. The minimum Gasteiger partial charge on any atom is -0.459 e. The zero-order valence-electron chi connectivity index (χ0n) is 12.1. The third-order valence-electron chi connectivity index (χ3n) is 4.00. The van der Waals surface area contributed by atoms with Gasteiger partial charge in [0.1, 0.15) is 0 Å². The summed E-state index contributed by atoms with van der Waals surface area (Å²) in [5.74, 6) is 1.41. The van der Waals surface area contributed by atoms with Gasteiger partial charge in [0, 0.05) is 11.6 Å². The zero-order valence-corrected chi connectivity index (χ0v) is 12.1. The fourth-order valence-corrected chi connectivity index (χ4v) is 2.21. The lowest BCUT2D eigenvalue weighted by Gasteiger charge is -2.28. The fourth-order valence-electron chi connectivity index (χ4n) is 2.21. The molecular weight excluding hydrogens is 226 g/mol. The summed E-state index contributed by atoms with van der Waals surface area (Å²) >= 11 is 0. The highest BCUT2D eigenvalue weighted by atomic mass is 16.3. The van der Waals surface area contributed by atoms with Gasteiger partial charge in [0.15, 0.2) is 5.76 Å². The molecule has 0 spiro atoms. The molecule has 3 atom stereocenters. The van der Waals surface area contributed by atoms with Crippen LogP contribution in [0.4, 0.5) is 0 Å². The van der Waals surface area contributed by atoms with Gasteiger partial charge >= 0.3 is 0 Å². The van der Waals surface area contributed by atoms with Crippen molar-refractivity contribution >= 4 is 5.91 Å². The molecule has 0 aromatic carbocycles. The van der Waals surface area contributed by atoms with Gasteiger partial charge in [-0.2, -0.15) is 0 Å². The van der Waals surface area contributed by atoms with Crippen molar-refractivity contribution in [2.45, 2.75) is 53.5 Å². The average Bonchev–Trinajstić information content (AvgIpc) is 2.80. The normalized spacial score (nSPS) is 16.1. The first kappa shape index (κ1) is 14.8. The number of carbonyl (C=O) groups excluding carboxylic acids is 1. The molecule has 0 radical (unpaired) electrons. The molecule has 1 amide bonds. The van der Waals surface area contributed by atoms with Crippen LogP contribution in [0, 0.1) is 18.8 Å². The highest BCUT2D eigenvalue weighted by Gasteiger charge is 2.23. The van der Waals surface area contributed by atoms with E-state index >= 15 is 0 Å². The fraction of sp³-hybridized carbons (Fsp3) is 0.667. The minimum atomic E-state index is -0.0977. The van der Waals surface area contributed by atoms with Crippen molar-refractivity contribution in [3.8, 4) is 0 Å². The third-order valence-corrected chi connectivity index (χ3v) is 4.00. The molecular formula is C15H25NO2. The van der Waals surface area contributed by atoms with E-state index in [9.17, 15) is 4.79 Å². The van der Waals surface area contributed by atoms with E-state index in [1.165, 1.54) is 0 Å². The minimum absolute atomic E-state index is 0.0977. The Kier molecular flexibility index (Phi) is 5.45. The van der Waals surface area contributed by atoms with Gasteiger partial charge in [0.2, 0.25) is 0 Å². The number of hydrogen-bond acceptors (Lipinski definition) is 2. The van der Waals surface area contributed by atoms with Crippen LogP contribution in [0.5, 0.6) is 0 Å². The van der Waals surface area contributed by atoms with Crippen LogP contribution in [0.1, 0.15) is 56.7 Å². The number of furan rings is 1. The topological polar surface area (TPSA) is 42.2 Å². The van der Waals surface area contributed by atoms with E-state index in [1.807, 2.05) is 13.0 Å². The van der Waals surface area contributed by atoms with E-state index in [2.05, 4.69) is 33.0 Å². The maximum atomic E-state index is 12.1. The Hall–Kier alpha value is -1.25. The van der Waals surface area contributed by atoms with Crippen molar-refractivity contribution in [3.63, 3.8) is 0 Å². The van der Waals surface area contributed by atoms with E-state index in [0.717, 1.165) is 18.4 Å². The predicted octanol–water partition coefficient (Wildman–Crippen LogP) is 3.78. The van der Waals surface area contributed by atoms with Gasteiger partial charge in [0.25, 0.3) is 5.91 Å². The van der Waals surface area contributed by atoms with Crippen LogP contribution in [0.3, 0.4) is 0 Å². The molecule has 3 unspecified atom stereocenters. The predicted molar refractivity (Wildman–Crippen MR) is 73.6 cm³/mol. The molecule has 1 aromatic heterocycles. The molecule has 1 rings (SSSR count). The molecule has 102 valence electrons. The van der Waals surface area contributed by atoms with Gasteiger partial charge in [-0.1, -0.05) is 34.1 Å². The van der Waals surface area contributed by atoms with Crippen LogP contribution in [0.15, 0.2) is 16.7 Å². The lowest BCUT2D eigenvalue weighted by molar-refractivity contribution is 0.0882. The lowest BCUT2D eigenvalue weighted by Crippen LogP contribution is -2.41. The number of amides is 1. The van der Waals surface area contributed by atoms with Crippen LogP contribution >= 0.6 is 0 Å². The molecule has 1 aromatic rings. The lowest BCUT2D eigenvalue weighted by atomic mass is 9.86. The first-order chi connectivity index (χ1) is 8.51. The zero-order chi connectivity index (χ0) is 13.7. The van der Waals surface area contributed by atoms with Gasteiger partial charge in [-0.15, -0.1) is 0 Å². The molecule has 0 bridgehead atoms. The van der Waals surface area contributed by atoms with Gasteiger partial charge in [-0.05, 0) is 31.2 Å². The quantitative estimate of drug-likeness (QED) is 0.836. The Morgan fingerprint density at radius 1 is 1.33 bits per heavy atom. The monoisotopic (exact) mass is 251 g/mol. The maximum absolute atomic E-state index is 12.1. The summed E-state index contributed by atoms with van der Waals surface area (Å²) in [6, 6.07) is 2.02. The molecule has 0 aliphatic carbocycles. The van der Waals surface area contributed by atoms with Gasteiger partial charge < -0.3 is 9.73 Å². The molecule has 1 heterocycles. The van der Waals surface area contributed by atoms with Crippen LogP contribution in [-0.2, 0) is 0 Å². The van der Waals surface area contributed by atoms with Crippen LogP contribution in [0.2, 0.25) is 0 Å². The molecule has 0 saturated carbocycles. The molecule has 1 N–H and O–H groups in total. The van der Waals surface area contributed by atoms with Crippen LogP contribution in [0.25, 0.3) is 0 Å². The van der Waals surface area contributed by atoms with Crippen LogP contribution in [-0.4, -0.2) is 11.9 Å². The Balaban J connectivity index is 2.69. The summed E-state index contributed by atoms with van der Waals surface area (Å²) in [6.07, 6.45) is 3.63. The summed E-state index contributed by atoms with van der Waals surface area (Å²) in [5.41, 5.74) is 0.888. The largest absolute Gasteiger partial charge is 0.459 e.